The van der Waals surface area contributed by atoms with Crippen LogP contribution in [0.5, 0.6) is 0 Å². The van der Waals surface area contributed by atoms with Crippen molar-refractivity contribution in [2.45, 2.75) is 26.9 Å². The van der Waals surface area contributed by atoms with Gasteiger partial charge in [0.15, 0.2) is 0 Å². The molecule has 8 nitrogen and oxygen atoms in total. The van der Waals surface area contributed by atoms with Crippen molar-refractivity contribution >= 4 is 5.91 Å². The number of rotatable bonds is 6. The van der Waals surface area contributed by atoms with Crippen molar-refractivity contribution in [3.8, 4) is 11.4 Å². The molecule has 0 aliphatic carbocycles. The summed E-state index contributed by atoms with van der Waals surface area (Å²) in [5, 5.41) is 4.10. The Morgan fingerprint density at radius 2 is 1.69 bits per heavy atom. The lowest BCUT2D eigenvalue weighted by Gasteiger charge is -2.33. The molecule has 0 spiro atoms. The number of piperazine rings is 1. The highest BCUT2D eigenvalue weighted by molar-refractivity contribution is 5.93. The van der Waals surface area contributed by atoms with E-state index < -0.39 is 0 Å². The monoisotopic (exact) mass is 483 g/mol. The largest absolute Gasteiger partial charge is 0.338 e. The number of carbonyl (C=O) groups excluding carboxylic acids is 1. The van der Waals surface area contributed by atoms with Crippen molar-refractivity contribution in [2.24, 2.45) is 0 Å². The zero-order valence-electron chi connectivity index (χ0n) is 20.6. The highest BCUT2D eigenvalue weighted by atomic mass is 16.5. The van der Waals surface area contributed by atoms with Crippen LogP contribution < -0.4 is 5.56 Å². The molecule has 3 heterocycles. The lowest BCUT2D eigenvalue weighted by molar-refractivity contribution is 0.0612. The van der Waals surface area contributed by atoms with E-state index in [1.165, 1.54) is 5.56 Å². The van der Waals surface area contributed by atoms with Gasteiger partial charge in [-0.3, -0.25) is 14.5 Å². The Balaban J connectivity index is 1.20. The number of hydrogen-bond acceptors (Lipinski definition) is 6. The molecule has 0 unspecified atom stereocenters. The molecule has 1 amide bonds. The van der Waals surface area contributed by atoms with Gasteiger partial charge in [0.2, 0.25) is 11.7 Å². The molecule has 1 aliphatic rings. The summed E-state index contributed by atoms with van der Waals surface area (Å²) < 4.78 is 7.05. The van der Waals surface area contributed by atoms with Gasteiger partial charge in [0.25, 0.3) is 11.5 Å². The molecule has 8 heteroatoms. The van der Waals surface area contributed by atoms with Gasteiger partial charge >= 0.3 is 0 Å². The smallest absolute Gasteiger partial charge is 0.263 e. The lowest BCUT2D eigenvalue weighted by Crippen LogP contribution is -2.49. The summed E-state index contributed by atoms with van der Waals surface area (Å²) in [6.45, 7) is 7.41. The topological polar surface area (TPSA) is 84.5 Å². The zero-order valence-corrected chi connectivity index (χ0v) is 20.6. The highest BCUT2D eigenvalue weighted by Crippen LogP contribution is 2.17. The number of nitrogens with zero attached hydrogens (tertiary/aromatic N) is 5. The molecule has 0 N–H and O–H groups in total. The second kappa shape index (κ2) is 10.3. The first-order valence-corrected chi connectivity index (χ1v) is 12.1. The van der Waals surface area contributed by atoms with Crippen LogP contribution in [-0.2, 0) is 13.1 Å². The summed E-state index contributed by atoms with van der Waals surface area (Å²) in [6, 6.07) is 19.4. The van der Waals surface area contributed by atoms with Crippen molar-refractivity contribution in [1.29, 1.82) is 0 Å². The minimum Gasteiger partial charge on any atom is -0.338 e. The minimum absolute atomic E-state index is 0.207. The summed E-state index contributed by atoms with van der Waals surface area (Å²) in [4.78, 5) is 34.7. The normalized spacial score (nSPS) is 14.2. The summed E-state index contributed by atoms with van der Waals surface area (Å²) in [5.74, 6) is 0.898. The van der Waals surface area contributed by atoms with Gasteiger partial charge in [-0.15, -0.1) is 0 Å². The molecular formula is C28H29N5O3. The van der Waals surface area contributed by atoms with Crippen LogP contribution in [0.15, 0.2) is 76.2 Å². The highest BCUT2D eigenvalue weighted by Gasteiger charge is 2.25. The molecule has 5 rings (SSSR count). The lowest BCUT2D eigenvalue weighted by atomic mass is 10.1. The van der Waals surface area contributed by atoms with Crippen LogP contribution in [0, 0.1) is 13.8 Å². The van der Waals surface area contributed by atoms with Crippen LogP contribution in [0.3, 0.4) is 0 Å². The van der Waals surface area contributed by atoms with Crippen LogP contribution >= 0.6 is 0 Å². The van der Waals surface area contributed by atoms with Gasteiger partial charge in [-0.2, -0.15) is 4.98 Å². The maximum absolute atomic E-state index is 13.2. The van der Waals surface area contributed by atoms with Gasteiger partial charge in [0, 0.05) is 37.9 Å². The molecule has 4 aromatic rings. The Kier molecular flexibility index (Phi) is 6.77. The number of amides is 1. The molecule has 184 valence electrons. The molecule has 1 saturated heterocycles. The number of pyridine rings is 1. The standard InChI is InChI=1S/C28H29N5O3/c1-20-8-10-23(11-9-20)26-29-25(36-30-26)19-31-13-15-32(16-14-31)27(34)24-7-4-12-33(28(24)35)18-22-6-3-5-21(2)17-22/h3-12,17H,13-16,18-19H2,1-2H3. The van der Waals surface area contributed by atoms with Gasteiger partial charge in [0.1, 0.15) is 5.56 Å². The van der Waals surface area contributed by atoms with Gasteiger partial charge in [0.05, 0.1) is 13.1 Å². The maximum atomic E-state index is 13.2. The Bertz CT molecular complexity index is 1420. The second-order valence-corrected chi connectivity index (χ2v) is 9.29. The molecule has 0 radical (unpaired) electrons. The predicted molar refractivity (Wildman–Crippen MR) is 137 cm³/mol. The third-order valence-corrected chi connectivity index (χ3v) is 6.48. The Hall–Kier alpha value is -4.04. The first kappa shape index (κ1) is 23.7. The second-order valence-electron chi connectivity index (χ2n) is 9.29. The van der Waals surface area contributed by atoms with E-state index in [0.717, 1.165) is 16.7 Å². The molecule has 1 aliphatic heterocycles. The quantitative estimate of drug-likeness (QED) is 0.417. The minimum atomic E-state index is -0.263. The van der Waals surface area contributed by atoms with Gasteiger partial charge in [-0.25, -0.2) is 0 Å². The Morgan fingerprint density at radius 1 is 0.917 bits per heavy atom. The molecule has 2 aromatic heterocycles. The fourth-order valence-electron chi connectivity index (χ4n) is 4.44. The summed E-state index contributed by atoms with van der Waals surface area (Å²) >= 11 is 0. The van der Waals surface area contributed by atoms with Crippen LogP contribution in [0.1, 0.15) is 32.9 Å². The average molecular weight is 484 g/mol. The molecule has 0 bridgehead atoms. The van der Waals surface area contributed by atoms with Crippen LogP contribution in [0.2, 0.25) is 0 Å². The van der Waals surface area contributed by atoms with Gasteiger partial charge in [-0.05, 0) is 31.5 Å². The Morgan fingerprint density at radius 3 is 2.44 bits per heavy atom. The van der Waals surface area contributed by atoms with Crippen molar-refractivity contribution < 1.29 is 9.32 Å². The van der Waals surface area contributed by atoms with E-state index in [9.17, 15) is 9.59 Å². The third-order valence-electron chi connectivity index (χ3n) is 6.48. The van der Waals surface area contributed by atoms with Gasteiger partial charge in [-0.1, -0.05) is 64.8 Å². The van der Waals surface area contributed by atoms with E-state index in [4.69, 9.17) is 4.52 Å². The van der Waals surface area contributed by atoms with E-state index in [-0.39, 0.29) is 17.0 Å². The van der Waals surface area contributed by atoms with E-state index in [0.29, 0.717) is 51.0 Å². The summed E-state index contributed by atoms with van der Waals surface area (Å²) in [5.41, 5.74) is 4.20. The number of hydrogen-bond donors (Lipinski definition) is 0. The van der Waals surface area contributed by atoms with Crippen LogP contribution in [-0.4, -0.2) is 56.6 Å². The van der Waals surface area contributed by atoms with Crippen LogP contribution in [0.4, 0.5) is 0 Å². The maximum Gasteiger partial charge on any atom is 0.263 e. The fraction of sp³-hybridized carbons (Fsp3) is 0.286. The number of benzene rings is 2. The fourth-order valence-corrected chi connectivity index (χ4v) is 4.44. The van der Waals surface area contributed by atoms with E-state index >= 15 is 0 Å². The van der Waals surface area contributed by atoms with Crippen molar-refractivity contribution in [2.75, 3.05) is 26.2 Å². The van der Waals surface area contributed by atoms with Gasteiger partial charge < -0.3 is 14.0 Å². The number of carbonyl (C=O) groups is 1. The number of aryl methyl sites for hydroxylation is 2. The zero-order chi connectivity index (χ0) is 25.1. The predicted octanol–water partition coefficient (Wildman–Crippen LogP) is 3.52. The average Bonchev–Trinajstić information content (AvgIpc) is 3.34. The third kappa shape index (κ3) is 5.28. The molecule has 2 aromatic carbocycles. The van der Waals surface area contributed by atoms with Crippen molar-refractivity contribution in [3.63, 3.8) is 0 Å². The van der Waals surface area contributed by atoms with Crippen LogP contribution in [0.25, 0.3) is 11.4 Å². The molecular weight excluding hydrogens is 454 g/mol. The van der Waals surface area contributed by atoms with E-state index in [1.807, 2.05) is 62.4 Å². The first-order chi connectivity index (χ1) is 17.5. The van der Waals surface area contributed by atoms with E-state index in [1.54, 1.807) is 27.8 Å². The molecule has 1 fully saturated rings. The van der Waals surface area contributed by atoms with Crippen molar-refractivity contribution in [1.82, 2.24) is 24.5 Å². The summed E-state index contributed by atoms with van der Waals surface area (Å²) in [6.07, 6.45) is 1.73. The Labute approximate surface area is 209 Å². The summed E-state index contributed by atoms with van der Waals surface area (Å²) in [7, 11) is 0. The van der Waals surface area contributed by atoms with Crippen molar-refractivity contribution in [3.05, 3.63) is 105 Å². The first-order valence-electron chi connectivity index (χ1n) is 12.1. The SMILES string of the molecule is Cc1ccc(-c2noc(CN3CCN(C(=O)c4cccn(Cc5cccc(C)c5)c4=O)CC3)n2)cc1. The van der Waals surface area contributed by atoms with E-state index in [2.05, 4.69) is 15.0 Å². The molecule has 0 atom stereocenters. The number of aromatic nitrogens is 3. The molecule has 0 saturated carbocycles. The molecule has 36 heavy (non-hydrogen) atoms.